The summed E-state index contributed by atoms with van der Waals surface area (Å²) in [4.78, 5) is 2.64. The summed E-state index contributed by atoms with van der Waals surface area (Å²) in [5, 5.41) is 3.41. The largest absolute Gasteiger partial charge is 0.313 e. The molecule has 0 bridgehead atoms. The molecular formula is C17H21NS. The monoisotopic (exact) mass is 271 g/mol. The summed E-state index contributed by atoms with van der Waals surface area (Å²) in [6, 6.07) is 15.4. The van der Waals surface area contributed by atoms with Gasteiger partial charge in [0.25, 0.3) is 0 Å². The van der Waals surface area contributed by atoms with Gasteiger partial charge in [-0.2, -0.15) is 0 Å². The minimum absolute atomic E-state index is 0.937. The fourth-order valence-electron chi connectivity index (χ4n) is 1.94. The molecule has 0 heterocycles. The highest BCUT2D eigenvalue weighted by molar-refractivity contribution is 7.99. The van der Waals surface area contributed by atoms with Gasteiger partial charge in [-0.1, -0.05) is 54.1 Å². The molecule has 0 aromatic heterocycles. The van der Waals surface area contributed by atoms with Crippen LogP contribution < -0.4 is 5.32 Å². The van der Waals surface area contributed by atoms with E-state index in [1.165, 1.54) is 26.5 Å². The van der Waals surface area contributed by atoms with Crippen LogP contribution in [0.25, 0.3) is 0 Å². The number of rotatable bonds is 5. The molecule has 2 rings (SSSR count). The second-order valence-electron chi connectivity index (χ2n) is 4.81. The van der Waals surface area contributed by atoms with Gasteiger partial charge in [0.2, 0.25) is 0 Å². The van der Waals surface area contributed by atoms with Gasteiger partial charge in [-0.3, -0.25) is 0 Å². The molecule has 0 spiro atoms. The van der Waals surface area contributed by atoms with Crippen LogP contribution in [0.5, 0.6) is 0 Å². The Morgan fingerprint density at radius 1 is 0.947 bits per heavy atom. The van der Waals surface area contributed by atoms with Crippen molar-refractivity contribution in [3.05, 3.63) is 59.2 Å². The predicted octanol–water partition coefficient (Wildman–Crippen LogP) is 4.56. The Hall–Kier alpha value is -1.25. The van der Waals surface area contributed by atoms with E-state index in [0.717, 1.165) is 13.1 Å². The molecule has 100 valence electrons. The number of aryl methyl sites for hydroxylation is 2. The SMILES string of the molecule is CCNCc1cc(C)ccc1Sc1ccc(C)cc1. The van der Waals surface area contributed by atoms with E-state index in [9.17, 15) is 0 Å². The molecule has 0 saturated heterocycles. The smallest absolute Gasteiger partial charge is 0.0216 e. The van der Waals surface area contributed by atoms with Crippen LogP contribution in [-0.2, 0) is 6.54 Å². The maximum absolute atomic E-state index is 3.41. The van der Waals surface area contributed by atoms with Gasteiger partial charge in [0.1, 0.15) is 0 Å². The molecule has 2 aromatic rings. The van der Waals surface area contributed by atoms with Crippen molar-refractivity contribution in [3.63, 3.8) is 0 Å². The molecule has 0 aliphatic carbocycles. The lowest BCUT2D eigenvalue weighted by atomic mass is 10.1. The highest BCUT2D eigenvalue weighted by Crippen LogP contribution is 2.31. The highest BCUT2D eigenvalue weighted by Gasteiger charge is 2.04. The average Bonchev–Trinajstić information content (AvgIpc) is 2.41. The summed E-state index contributed by atoms with van der Waals surface area (Å²) in [5.74, 6) is 0. The summed E-state index contributed by atoms with van der Waals surface area (Å²) >= 11 is 1.84. The van der Waals surface area contributed by atoms with Crippen molar-refractivity contribution in [1.29, 1.82) is 0 Å². The quantitative estimate of drug-likeness (QED) is 0.855. The van der Waals surface area contributed by atoms with Crippen LogP contribution in [0.4, 0.5) is 0 Å². The van der Waals surface area contributed by atoms with Crippen molar-refractivity contribution in [2.45, 2.75) is 37.1 Å². The minimum atomic E-state index is 0.937. The molecule has 0 aliphatic heterocycles. The Labute approximate surface area is 120 Å². The van der Waals surface area contributed by atoms with Crippen LogP contribution in [-0.4, -0.2) is 6.54 Å². The Balaban J connectivity index is 2.20. The molecule has 0 amide bonds. The van der Waals surface area contributed by atoms with Crippen molar-refractivity contribution in [3.8, 4) is 0 Å². The van der Waals surface area contributed by atoms with E-state index in [1.807, 2.05) is 11.8 Å². The third-order valence-electron chi connectivity index (χ3n) is 3.03. The number of hydrogen-bond donors (Lipinski definition) is 1. The summed E-state index contributed by atoms with van der Waals surface area (Å²) < 4.78 is 0. The maximum Gasteiger partial charge on any atom is 0.0216 e. The van der Waals surface area contributed by atoms with E-state index in [4.69, 9.17) is 0 Å². The molecule has 0 aliphatic rings. The Morgan fingerprint density at radius 3 is 2.32 bits per heavy atom. The normalized spacial score (nSPS) is 10.7. The Bertz CT molecular complexity index is 531. The van der Waals surface area contributed by atoms with Gasteiger partial charge in [0, 0.05) is 16.3 Å². The molecule has 2 heteroatoms. The number of hydrogen-bond acceptors (Lipinski definition) is 2. The fourth-order valence-corrected chi connectivity index (χ4v) is 2.86. The molecule has 0 radical (unpaired) electrons. The molecule has 0 saturated carbocycles. The van der Waals surface area contributed by atoms with Crippen LogP contribution in [0.3, 0.4) is 0 Å². The number of nitrogens with one attached hydrogen (secondary N) is 1. The van der Waals surface area contributed by atoms with Crippen molar-refractivity contribution in [1.82, 2.24) is 5.32 Å². The molecule has 1 N–H and O–H groups in total. The average molecular weight is 271 g/mol. The van der Waals surface area contributed by atoms with Gasteiger partial charge in [-0.05, 0) is 44.2 Å². The first-order valence-electron chi connectivity index (χ1n) is 6.74. The lowest BCUT2D eigenvalue weighted by molar-refractivity contribution is 0.717. The Kier molecular flexibility index (Phi) is 5.06. The van der Waals surface area contributed by atoms with Gasteiger partial charge >= 0.3 is 0 Å². The van der Waals surface area contributed by atoms with Crippen LogP contribution in [0.1, 0.15) is 23.6 Å². The molecule has 0 fully saturated rings. The standard InChI is InChI=1S/C17H21NS/c1-4-18-12-15-11-14(3)7-10-17(15)19-16-8-5-13(2)6-9-16/h5-11,18H,4,12H2,1-3H3. The zero-order valence-electron chi connectivity index (χ0n) is 11.9. The van der Waals surface area contributed by atoms with Gasteiger partial charge < -0.3 is 5.32 Å². The summed E-state index contributed by atoms with van der Waals surface area (Å²) in [7, 11) is 0. The van der Waals surface area contributed by atoms with Crippen molar-refractivity contribution in [2.75, 3.05) is 6.54 Å². The topological polar surface area (TPSA) is 12.0 Å². The first-order valence-corrected chi connectivity index (χ1v) is 7.55. The highest BCUT2D eigenvalue weighted by atomic mass is 32.2. The van der Waals surface area contributed by atoms with E-state index in [1.54, 1.807) is 0 Å². The van der Waals surface area contributed by atoms with Gasteiger partial charge in [-0.25, -0.2) is 0 Å². The van der Waals surface area contributed by atoms with E-state index in [-0.39, 0.29) is 0 Å². The molecular weight excluding hydrogens is 250 g/mol. The zero-order chi connectivity index (χ0) is 13.7. The maximum atomic E-state index is 3.41. The van der Waals surface area contributed by atoms with Crippen LogP contribution >= 0.6 is 11.8 Å². The third-order valence-corrected chi connectivity index (χ3v) is 4.16. The summed E-state index contributed by atoms with van der Waals surface area (Å²) in [6.45, 7) is 8.35. The van der Waals surface area contributed by atoms with Gasteiger partial charge in [0.15, 0.2) is 0 Å². The minimum Gasteiger partial charge on any atom is -0.313 e. The van der Waals surface area contributed by atoms with E-state index in [2.05, 4.69) is 68.6 Å². The predicted molar refractivity (Wildman–Crippen MR) is 83.9 cm³/mol. The molecule has 0 atom stereocenters. The lowest BCUT2D eigenvalue weighted by Crippen LogP contribution is -2.12. The van der Waals surface area contributed by atoms with Crippen LogP contribution in [0, 0.1) is 13.8 Å². The first-order chi connectivity index (χ1) is 9.19. The molecule has 0 unspecified atom stereocenters. The van der Waals surface area contributed by atoms with Crippen LogP contribution in [0.15, 0.2) is 52.3 Å². The number of benzene rings is 2. The van der Waals surface area contributed by atoms with E-state index < -0.39 is 0 Å². The second kappa shape index (κ2) is 6.78. The lowest BCUT2D eigenvalue weighted by Gasteiger charge is -2.11. The van der Waals surface area contributed by atoms with Gasteiger partial charge in [0.05, 0.1) is 0 Å². The van der Waals surface area contributed by atoms with E-state index in [0.29, 0.717) is 0 Å². The van der Waals surface area contributed by atoms with E-state index >= 15 is 0 Å². The molecule has 19 heavy (non-hydrogen) atoms. The van der Waals surface area contributed by atoms with Crippen LogP contribution in [0.2, 0.25) is 0 Å². The first kappa shape index (κ1) is 14.2. The Morgan fingerprint density at radius 2 is 1.63 bits per heavy atom. The van der Waals surface area contributed by atoms with Crippen molar-refractivity contribution < 1.29 is 0 Å². The summed E-state index contributed by atoms with van der Waals surface area (Å²) in [6.07, 6.45) is 0. The summed E-state index contributed by atoms with van der Waals surface area (Å²) in [5.41, 5.74) is 4.01. The van der Waals surface area contributed by atoms with Crippen molar-refractivity contribution in [2.24, 2.45) is 0 Å². The third kappa shape index (κ3) is 4.12. The fraction of sp³-hybridized carbons (Fsp3) is 0.294. The molecule has 1 nitrogen and oxygen atoms in total. The second-order valence-corrected chi connectivity index (χ2v) is 5.92. The van der Waals surface area contributed by atoms with Crippen molar-refractivity contribution >= 4 is 11.8 Å². The van der Waals surface area contributed by atoms with Gasteiger partial charge in [-0.15, -0.1) is 0 Å². The molecule has 2 aromatic carbocycles. The zero-order valence-corrected chi connectivity index (χ0v) is 12.7.